The van der Waals surface area contributed by atoms with Crippen molar-refractivity contribution in [2.75, 3.05) is 50.1 Å². The predicted octanol–water partition coefficient (Wildman–Crippen LogP) is 4.66. The first kappa shape index (κ1) is 24.1. The Morgan fingerprint density at radius 3 is 2.82 bits per heavy atom. The van der Waals surface area contributed by atoms with E-state index in [4.69, 9.17) is 9.47 Å². The lowest BCUT2D eigenvalue weighted by atomic mass is 10.1. The van der Waals surface area contributed by atoms with Gasteiger partial charge in [0, 0.05) is 41.2 Å². The van der Waals surface area contributed by atoms with Crippen molar-refractivity contribution in [3.63, 3.8) is 0 Å². The fourth-order valence-corrected chi connectivity index (χ4v) is 3.99. The van der Waals surface area contributed by atoms with E-state index in [0.29, 0.717) is 34.8 Å². The molecule has 4 rings (SSSR count). The number of nitrogens with one attached hydrogen (secondary N) is 2. The quantitative estimate of drug-likeness (QED) is 0.307. The number of carbonyl (C=O) groups is 1. The van der Waals surface area contributed by atoms with E-state index in [0.717, 1.165) is 49.4 Å². The maximum atomic E-state index is 13.4. The Morgan fingerprint density at radius 1 is 1.24 bits per heavy atom. The third-order valence-corrected chi connectivity index (χ3v) is 5.79. The number of aromatic nitrogens is 2. The largest absolute Gasteiger partial charge is 0.491 e. The molecule has 1 saturated heterocycles. The second-order valence-electron chi connectivity index (χ2n) is 7.74. The van der Waals surface area contributed by atoms with E-state index < -0.39 is 11.7 Å². The lowest BCUT2D eigenvalue weighted by Crippen LogP contribution is -2.37. The van der Waals surface area contributed by atoms with Crippen LogP contribution in [-0.2, 0) is 9.53 Å². The SMILES string of the molecule is C=C(F)C(=O)Nc1cc2c(Nc3cccc(Br)c3)ncnc2cc1OCCCN1CCOCC1. The molecule has 0 unspecified atom stereocenters. The smallest absolute Gasteiger partial charge is 0.283 e. The zero-order chi connectivity index (χ0) is 23.9. The van der Waals surface area contributed by atoms with Gasteiger partial charge < -0.3 is 20.1 Å². The maximum absolute atomic E-state index is 13.4. The number of fused-ring (bicyclic) bond motifs is 1. The topological polar surface area (TPSA) is 88.6 Å². The molecule has 0 atom stereocenters. The molecule has 178 valence electrons. The molecule has 1 aliphatic heterocycles. The summed E-state index contributed by atoms with van der Waals surface area (Å²) in [5, 5.41) is 6.44. The van der Waals surface area contributed by atoms with Gasteiger partial charge in [-0.1, -0.05) is 28.6 Å². The molecule has 2 aromatic carbocycles. The van der Waals surface area contributed by atoms with Crippen LogP contribution in [-0.4, -0.2) is 60.2 Å². The number of rotatable bonds is 9. The van der Waals surface area contributed by atoms with E-state index in [-0.39, 0.29) is 0 Å². The summed E-state index contributed by atoms with van der Waals surface area (Å²) in [4.78, 5) is 23.1. The number of ether oxygens (including phenoxy) is 2. The van der Waals surface area contributed by atoms with Gasteiger partial charge in [-0.25, -0.2) is 14.4 Å². The van der Waals surface area contributed by atoms with Crippen molar-refractivity contribution in [2.45, 2.75) is 6.42 Å². The summed E-state index contributed by atoms with van der Waals surface area (Å²) >= 11 is 3.45. The molecule has 0 saturated carbocycles. The number of carbonyl (C=O) groups excluding carboxylic acids is 1. The maximum Gasteiger partial charge on any atom is 0.283 e. The number of benzene rings is 2. The first-order valence-corrected chi connectivity index (χ1v) is 11.7. The second-order valence-corrected chi connectivity index (χ2v) is 8.65. The first-order valence-electron chi connectivity index (χ1n) is 10.9. The highest BCUT2D eigenvalue weighted by Crippen LogP contribution is 2.34. The molecule has 1 aliphatic rings. The zero-order valence-electron chi connectivity index (χ0n) is 18.5. The minimum absolute atomic E-state index is 0.315. The molecule has 1 amide bonds. The Labute approximate surface area is 205 Å². The number of morpholine rings is 1. The van der Waals surface area contributed by atoms with Crippen molar-refractivity contribution in [3.8, 4) is 5.75 Å². The Balaban J connectivity index is 1.57. The summed E-state index contributed by atoms with van der Waals surface area (Å²) in [5.74, 6) is -1.08. The van der Waals surface area contributed by atoms with Crippen LogP contribution in [0.15, 0.2) is 59.6 Å². The summed E-state index contributed by atoms with van der Waals surface area (Å²) in [6.07, 6.45) is 2.24. The number of anilines is 3. The third kappa shape index (κ3) is 6.28. The van der Waals surface area contributed by atoms with Crippen LogP contribution in [0.4, 0.5) is 21.6 Å². The van der Waals surface area contributed by atoms with Crippen molar-refractivity contribution in [1.29, 1.82) is 0 Å². The minimum Gasteiger partial charge on any atom is -0.491 e. The van der Waals surface area contributed by atoms with Crippen LogP contribution < -0.4 is 15.4 Å². The van der Waals surface area contributed by atoms with Gasteiger partial charge in [-0.3, -0.25) is 9.69 Å². The second kappa shape index (κ2) is 11.4. The third-order valence-electron chi connectivity index (χ3n) is 5.30. The van der Waals surface area contributed by atoms with Crippen LogP contribution in [0.3, 0.4) is 0 Å². The zero-order valence-corrected chi connectivity index (χ0v) is 20.1. The molecular formula is C24H25BrFN5O3. The van der Waals surface area contributed by atoms with Gasteiger partial charge in [0.2, 0.25) is 0 Å². The number of halogens is 2. The highest BCUT2D eigenvalue weighted by atomic mass is 79.9. The fraction of sp³-hybridized carbons (Fsp3) is 0.292. The average molecular weight is 530 g/mol. The van der Waals surface area contributed by atoms with Gasteiger partial charge in [0.05, 0.1) is 31.0 Å². The van der Waals surface area contributed by atoms with Gasteiger partial charge >= 0.3 is 0 Å². The summed E-state index contributed by atoms with van der Waals surface area (Å²) in [5.41, 5.74) is 1.75. The molecule has 0 spiro atoms. The Morgan fingerprint density at radius 2 is 2.06 bits per heavy atom. The van der Waals surface area contributed by atoms with Crippen molar-refractivity contribution < 1.29 is 18.7 Å². The van der Waals surface area contributed by atoms with Gasteiger partial charge in [0.25, 0.3) is 5.91 Å². The summed E-state index contributed by atoms with van der Waals surface area (Å²) in [6.45, 7) is 7.67. The molecule has 1 fully saturated rings. The van der Waals surface area contributed by atoms with Crippen LogP contribution in [0.25, 0.3) is 10.9 Å². The van der Waals surface area contributed by atoms with Gasteiger partial charge in [-0.2, -0.15) is 0 Å². The minimum atomic E-state index is -1.09. The monoisotopic (exact) mass is 529 g/mol. The molecule has 34 heavy (non-hydrogen) atoms. The van der Waals surface area contributed by atoms with Crippen molar-refractivity contribution in [2.24, 2.45) is 0 Å². The highest BCUT2D eigenvalue weighted by Gasteiger charge is 2.16. The number of nitrogens with zero attached hydrogens (tertiary/aromatic N) is 3. The molecule has 10 heteroatoms. The predicted molar refractivity (Wildman–Crippen MR) is 133 cm³/mol. The van der Waals surface area contributed by atoms with Gasteiger partial charge in [-0.15, -0.1) is 0 Å². The standard InChI is InChI=1S/C24H25BrFN5O3/c1-16(26)24(32)30-21-13-19-20(14-22(21)34-9-3-6-31-7-10-33-11-8-31)27-15-28-23(19)29-18-5-2-4-17(25)12-18/h2,4-5,12-15H,1,3,6-11H2,(H,30,32)(H,27,28,29). The normalized spacial score (nSPS) is 14.1. The van der Waals surface area contributed by atoms with E-state index in [1.165, 1.54) is 6.33 Å². The van der Waals surface area contributed by atoms with Crippen molar-refractivity contribution >= 4 is 49.9 Å². The van der Waals surface area contributed by atoms with Crippen molar-refractivity contribution in [3.05, 3.63) is 59.6 Å². The first-order chi connectivity index (χ1) is 16.5. The lowest BCUT2D eigenvalue weighted by Gasteiger charge is -2.26. The van der Waals surface area contributed by atoms with Crippen molar-refractivity contribution in [1.82, 2.24) is 14.9 Å². The average Bonchev–Trinajstić information content (AvgIpc) is 2.83. The van der Waals surface area contributed by atoms with E-state index >= 15 is 0 Å². The summed E-state index contributed by atoms with van der Waals surface area (Å²) in [7, 11) is 0. The van der Waals surface area contributed by atoms with Crippen LogP contribution >= 0.6 is 15.9 Å². The fourth-order valence-electron chi connectivity index (χ4n) is 3.59. The number of amides is 1. The molecule has 1 aromatic heterocycles. The van der Waals surface area contributed by atoms with Crippen LogP contribution in [0.5, 0.6) is 5.75 Å². The van der Waals surface area contributed by atoms with Gasteiger partial charge in [-0.05, 0) is 30.7 Å². The van der Waals surface area contributed by atoms with Crippen LogP contribution in [0.1, 0.15) is 6.42 Å². The molecule has 2 heterocycles. The molecule has 8 nitrogen and oxygen atoms in total. The Kier molecular flexibility index (Phi) is 8.04. The molecule has 0 radical (unpaired) electrons. The Hall–Kier alpha value is -3.08. The van der Waals surface area contributed by atoms with E-state index in [2.05, 4.69) is 48.0 Å². The molecule has 0 bridgehead atoms. The van der Waals surface area contributed by atoms with Gasteiger partial charge in [0.1, 0.15) is 17.9 Å². The lowest BCUT2D eigenvalue weighted by molar-refractivity contribution is -0.114. The molecule has 3 aromatic rings. The summed E-state index contributed by atoms with van der Waals surface area (Å²) < 4.78 is 25.7. The van der Waals surface area contributed by atoms with E-state index in [1.807, 2.05) is 24.3 Å². The number of hydrogen-bond acceptors (Lipinski definition) is 7. The highest BCUT2D eigenvalue weighted by molar-refractivity contribution is 9.10. The number of hydrogen-bond donors (Lipinski definition) is 2. The van der Waals surface area contributed by atoms with Gasteiger partial charge in [0.15, 0.2) is 5.83 Å². The summed E-state index contributed by atoms with van der Waals surface area (Å²) in [6, 6.07) is 11.0. The van der Waals surface area contributed by atoms with Crippen LogP contribution in [0, 0.1) is 0 Å². The van der Waals surface area contributed by atoms with Crippen LogP contribution in [0.2, 0.25) is 0 Å². The van der Waals surface area contributed by atoms with E-state index in [9.17, 15) is 9.18 Å². The molecular weight excluding hydrogens is 505 g/mol. The van der Waals surface area contributed by atoms with E-state index in [1.54, 1.807) is 12.1 Å². The molecule has 2 N–H and O–H groups in total. The Bertz CT molecular complexity index is 1190. The molecule has 0 aliphatic carbocycles.